The molecule has 0 radical (unpaired) electrons. The molecular formula is C15H16O5. The Labute approximate surface area is 116 Å². The van der Waals surface area contributed by atoms with Gasteiger partial charge in [-0.25, -0.2) is 4.79 Å². The molecule has 0 saturated carbocycles. The highest BCUT2D eigenvalue weighted by Crippen LogP contribution is 2.12. The highest BCUT2D eigenvalue weighted by atomic mass is 16.5. The monoisotopic (exact) mass is 276 g/mol. The van der Waals surface area contributed by atoms with E-state index in [1.54, 1.807) is 18.4 Å². The first-order valence-electron chi connectivity index (χ1n) is 6.32. The van der Waals surface area contributed by atoms with Crippen molar-refractivity contribution >= 4 is 5.97 Å². The second-order valence-corrected chi connectivity index (χ2v) is 4.16. The molecule has 0 atom stereocenters. The maximum absolute atomic E-state index is 10.7. The Morgan fingerprint density at radius 2 is 1.95 bits per heavy atom. The van der Waals surface area contributed by atoms with E-state index >= 15 is 0 Å². The van der Waals surface area contributed by atoms with E-state index in [9.17, 15) is 4.79 Å². The molecule has 0 aliphatic rings. The van der Waals surface area contributed by atoms with Crippen molar-refractivity contribution < 1.29 is 23.8 Å². The third kappa shape index (κ3) is 4.44. The van der Waals surface area contributed by atoms with Gasteiger partial charge in [-0.05, 0) is 36.4 Å². The molecule has 20 heavy (non-hydrogen) atoms. The van der Waals surface area contributed by atoms with Crippen LogP contribution in [0.15, 0.2) is 47.1 Å². The molecule has 5 nitrogen and oxygen atoms in total. The second-order valence-electron chi connectivity index (χ2n) is 4.16. The largest absolute Gasteiger partial charge is 0.494 e. The van der Waals surface area contributed by atoms with Gasteiger partial charge in [-0.15, -0.1) is 0 Å². The fourth-order valence-electron chi connectivity index (χ4n) is 1.61. The lowest BCUT2D eigenvalue weighted by Gasteiger charge is -2.06. The maximum Gasteiger partial charge on any atom is 0.335 e. The van der Waals surface area contributed by atoms with Crippen molar-refractivity contribution in [2.24, 2.45) is 0 Å². The molecule has 0 spiro atoms. The molecule has 106 valence electrons. The third-order valence-electron chi connectivity index (χ3n) is 2.63. The second kappa shape index (κ2) is 7.35. The molecule has 1 aromatic carbocycles. The smallest absolute Gasteiger partial charge is 0.335 e. The number of carboxylic acid groups (broad SMARTS) is 1. The Kier molecular flexibility index (Phi) is 5.20. The Balaban J connectivity index is 1.59. The molecule has 0 bridgehead atoms. The van der Waals surface area contributed by atoms with Gasteiger partial charge in [0.05, 0.1) is 25.0 Å². The van der Waals surface area contributed by atoms with Gasteiger partial charge in [0.25, 0.3) is 0 Å². The first-order valence-corrected chi connectivity index (χ1v) is 6.32. The number of aromatic carboxylic acids is 1. The maximum atomic E-state index is 10.7. The van der Waals surface area contributed by atoms with Gasteiger partial charge in [-0.2, -0.15) is 0 Å². The minimum atomic E-state index is -0.942. The van der Waals surface area contributed by atoms with Gasteiger partial charge in [0.15, 0.2) is 0 Å². The van der Waals surface area contributed by atoms with Crippen LogP contribution in [0.4, 0.5) is 0 Å². The average Bonchev–Trinajstić information content (AvgIpc) is 2.96. The number of hydrogen-bond donors (Lipinski definition) is 1. The quantitative estimate of drug-likeness (QED) is 0.751. The zero-order valence-corrected chi connectivity index (χ0v) is 11.0. The number of furan rings is 1. The molecule has 0 saturated heterocycles. The minimum Gasteiger partial charge on any atom is -0.494 e. The molecule has 0 unspecified atom stereocenters. The van der Waals surface area contributed by atoms with Crippen molar-refractivity contribution in [1.29, 1.82) is 0 Å². The molecule has 1 N–H and O–H groups in total. The summed E-state index contributed by atoms with van der Waals surface area (Å²) in [5.41, 5.74) is 0.249. The van der Waals surface area contributed by atoms with Gasteiger partial charge >= 0.3 is 5.97 Å². The highest BCUT2D eigenvalue weighted by Gasteiger charge is 2.02. The SMILES string of the molecule is O=C(O)c1ccc(OCCCOCc2ccco2)cc1. The van der Waals surface area contributed by atoms with Crippen LogP contribution >= 0.6 is 0 Å². The van der Waals surface area contributed by atoms with Crippen molar-refractivity contribution in [3.8, 4) is 5.75 Å². The summed E-state index contributed by atoms with van der Waals surface area (Å²) in [5.74, 6) is 0.513. The Morgan fingerprint density at radius 3 is 2.60 bits per heavy atom. The summed E-state index contributed by atoms with van der Waals surface area (Å²) in [6.45, 7) is 1.55. The molecule has 1 heterocycles. The first-order chi connectivity index (χ1) is 9.75. The molecule has 1 aromatic heterocycles. The highest BCUT2D eigenvalue weighted by molar-refractivity contribution is 5.87. The van der Waals surface area contributed by atoms with Crippen molar-refractivity contribution in [3.63, 3.8) is 0 Å². The number of benzene rings is 1. The van der Waals surface area contributed by atoms with Crippen LogP contribution in [0, 0.1) is 0 Å². The van der Waals surface area contributed by atoms with Crippen molar-refractivity contribution in [3.05, 3.63) is 54.0 Å². The van der Waals surface area contributed by atoms with Crippen molar-refractivity contribution in [2.75, 3.05) is 13.2 Å². The fraction of sp³-hybridized carbons (Fsp3) is 0.267. The Bertz CT molecular complexity index is 516. The van der Waals surface area contributed by atoms with Gasteiger partial charge in [0.1, 0.15) is 18.1 Å². The summed E-state index contributed by atoms with van der Waals surface area (Å²) in [7, 11) is 0. The lowest BCUT2D eigenvalue weighted by molar-refractivity contribution is 0.0697. The van der Waals surface area contributed by atoms with Crippen LogP contribution in [0.3, 0.4) is 0 Å². The number of ether oxygens (including phenoxy) is 2. The summed E-state index contributed by atoms with van der Waals surface area (Å²) in [6, 6.07) is 10.0. The summed E-state index contributed by atoms with van der Waals surface area (Å²) in [4.78, 5) is 10.7. The molecular weight excluding hydrogens is 260 g/mol. The number of rotatable bonds is 8. The van der Waals surface area contributed by atoms with E-state index in [-0.39, 0.29) is 5.56 Å². The van der Waals surface area contributed by atoms with Gasteiger partial charge in [-0.1, -0.05) is 0 Å². The van der Waals surface area contributed by atoms with E-state index in [0.717, 1.165) is 12.2 Å². The molecule has 0 aliphatic heterocycles. The van der Waals surface area contributed by atoms with Crippen LogP contribution in [0.2, 0.25) is 0 Å². The summed E-state index contributed by atoms with van der Waals surface area (Å²) >= 11 is 0. The van der Waals surface area contributed by atoms with E-state index in [1.165, 1.54) is 12.1 Å². The van der Waals surface area contributed by atoms with Crippen LogP contribution in [-0.2, 0) is 11.3 Å². The predicted molar refractivity (Wildman–Crippen MR) is 71.9 cm³/mol. The molecule has 5 heteroatoms. The van der Waals surface area contributed by atoms with Gasteiger partial charge in [0, 0.05) is 6.42 Å². The van der Waals surface area contributed by atoms with Crippen LogP contribution < -0.4 is 4.74 Å². The van der Waals surface area contributed by atoms with Crippen LogP contribution in [0.5, 0.6) is 5.75 Å². The van der Waals surface area contributed by atoms with Crippen LogP contribution in [0.25, 0.3) is 0 Å². The predicted octanol–water partition coefficient (Wildman–Crippen LogP) is 2.96. The number of carbonyl (C=O) groups is 1. The van der Waals surface area contributed by atoms with Crippen LogP contribution in [-0.4, -0.2) is 24.3 Å². The Hall–Kier alpha value is -2.27. The van der Waals surface area contributed by atoms with Crippen LogP contribution in [0.1, 0.15) is 22.5 Å². The third-order valence-corrected chi connectivity index (χ3v) is 2.63. The molecule has 0 amide bonds. The van der Waals surface area contributed by atoms with E-state index in [0.29, 0.717) is 25.6 Å². The normalized spacial score (nSPS) is 10.4. The number of carboxylic acids is 1. The Morgan fingerprint density at radius 1 is 1.15 bits per heavy atom. The standard InChI is InChI=1S/C15H16O5/c16-15(17)12-4-6-13(7-5-12)19-10-2-8-18-11-14-3-1-9-20-14/h1,3-7,9H,2,8,10-11H2,(H,16,17). The van der Waals surface area contributed by atoms with E-state index in [4.69, 9.17) is 19.0 Å². The fourth-order valence-corrected chi connectivity index (χ4v) is 1.61. The van der Waals surface area contributed by atoms with E-state index in [2.05, 4.69) is 0 Å². The molecule has 0 aliphatic carbocycles. The lowest BCUT2D eigenvalue weighted by atomic mass is 10.2. The zero-order valence-electron chi connectivity index (χ0n) is 11.0. The lowest BCUT2D eigenvalue weighted by Crippen LogP contribution is -2.03. The van der Waals surface area contributed by atoms with Crippen molar-refractivity contribution in [2.45, 2.75) is 13.0 Å². The molecule has 2 aromatic rings. The summed E-state index contributed by atoms with van der Waals surface area (Å²) in [5, 5.41) is 8.76. The molecule has 2 rings (SSSR count). The van der Waals surface area contributed by atoms with E-state index < -0.39 is 5.97 Å². The minimum absolute atomic E-state index is 0.249. The summed E-state index contributed by atoms with van der Waals surface area (Å²) in [6.07, 6.45) is 2.37. The average molecular weight is 276 g/mol. The van der Waals surface area contributed by atoms with Gasteiger partial charge < -0.3 is 19.0 Å². The molecule has 0 fully saturated rings. The van der Waals surface area contributed by atoms with Gasteiger partial charge in [0.2, 0.25) is 0 Å². The van der Waals surface area contributed by atoms with Crippen molar-refractivity contribution in [1.82, 2.24) is 0 Å². The number of hydrogen-bond acceptors (Lipinski definition) is 4. The first kappa shape index (κ1) is 14.1. The zero-order chi connectivity index (χ0) is 14.2. The van der Waals surface area contributed by atoms with E-state index in [1.807, 2.05) is 12.1 Å². The summed E-state index contributed by atoms with van der Waals surface area (Å²) < 4.78 is 16.0. The topological polar surface area (TPSA) is 68.9 Å². The van der Waals surface area contributed by atoms with Gasteiger partial charge in [-0.3, -0.25) is 0 Å².